The van der Waals surface area contributed by atoms with Crippen LogP contribution in [0.25, 0.3) is 48.8 Å². The second kappa shape index (κ2) is 14.5. The van der Waals surface area contributed by atoms with Crippen LogP contribution in [0.15, 0.2) is 212 Å². The molecule has 0 saturated heterocycles. The molecule has 268 valence electrons. The van der Waals surface area contributed by atoms with Crippen molar-refractivity contribution in [3.8, 4) is 22.3 Å². The summed E-state index contributed by atoms with van der Waals surface area (Å²) in [4.78, 5) is 6.42. The average molecular weight is 737 g/mol. The molecule has 0 spiro atoms. The Morgan fingerprint density at radius 2 is 0.875 bits per heavy atom. The van der Waals surface area contributed by atoms with E-state index in [1.54, 1.807) is 0 Å². The van der Waals surface area contributed by atoms with E-state index in [0.717, 1.165) is 11.4 Å². The zero-order valence-electron chi connectivity index (χ0n) is 31.2. The van der Waals surface area contributed by atoms with Crippen molar-refractivity contribution in [2.45, 2.75) is 13.0 Å². The van der Waals surface area contributed by atoms with Gasteiger partial charge in [-0.2, -0.15) is 0 Å². The summed E-state index contributed by atoms with van der Waals surface area (Å²) in [5, 5.41) is 3.86. The molecule has 0 N–H and O–H groups in total. The van der Waals surface area contributed by atoms with Gasteiger partial charge in [0.25, 0.3) is 0 Å². The fraction of sp³-hybridized carbons (Fsp3) is 0.0566. The molecule has 2 nitrogen and oxygen atoms in total. The summed E-state index contributed by atoms with van der Waals surface area (Å²) in [5.74, 6) is 0.153. The van der Waals surface area contributed by atoms with Gasteiger partial charge in [0.1, 0.15) is 0 Å². The minimum Gasteiger partial charge on any atom is -0.333 e. The molecule has 8 aromatic carbocycles. The molecule has 0 fully saturated rings. The maximum Gasteiger partial charge on any atom is 0.0752 e. The normalized spacial score (nSPS) is 15.0. The quantitative estimate of drug-likeness (QED) is 0.153. The van der Waals surface area contributed by atoms with Crippen LogP contribution in [-0.4, -0.2) is 0 Å². The first-order chi connectivity index (χ1) is 27.7. The SMILES string of the molecule is CC1C=C(N(c2ccccc2)c2ccc(-c3ccccc3)cc2)c2c(sc3c2ccc2ccccc23)C1N(c1ccccc1)c1ccc(-c2ccccc2)cc1. The fourth-order valence-corrected chi connectivity index (χ4v) is 10.0. The zero-order valence-corrected chi connectivity index (χ0v) is 32.0. The van der Waals surface area contributed by atoms with E-state index >= 15 is 0 Å². The highest BCUT2D eigenvalue weighted by molar-refractivity contribution is 7.20. The molecule has 56 heavy (non-hydrogen) atoms. The molecule has 1 aliphatic carbocycles. The molecular weight excluding hydrogens is 697 g/mol. The summed E-state index contributed by atoms with van der Waals surface area (Å²) < 4.78 is 1.33. The summed E-state index contributed by atoms with van der Waals surface area (Å²) in [7, 11) is 0. The highest BCUT2D eigenvalue weighted by Crippen LogP contribution is 2.54. The molecule has 1 heterocycles. The predicted molar refractivity (Wildman–Crippen MR) is 240 cm³/mol. The second-order valence-corrected chi connectivity index (χ2v) is 15.6. The van der Waals surface area contributed by atoms with E-state index in [-0.39, 0.29) is 12.0 Å². The van der Waals surface area contributed by atoms with Crippen LogP contribution < -0.4 is 9.80 Å². The Balaban J connectivity index is 1.19. The Labute approximate surface area is 332 Å². The van der Waals surface area contributed by atoms with Gasteiger partial charge in [-0.25, -0.2) is 0 Å². The van der Waals surface area contributed by atoms with Crippen LogP contribution in [-0.2, 0) is 0 Å². The van der Waals surface area contributed by atoms with Gasteiger partial charge < -0.3 is 9.80 Å². The lowest BCUT2D eigenvalue weighted by molar-refractivity contribution is 0.554. The van der Waals surface area contributed by atoms with Crippen molar-refractivity contribution < 1.29 is 0 Å². The number of fused-ring (bicyclic) bond motifs is 5. The van der Waals surface area contributed by atoms with Crippen molar-refractivity contribution in [1.29, 1.82) is 0 Å². The lowest BCUT2D eigenvalue weighted by Gasteiger charge is -2.41. The number of para-hydroxylation sites is 2. The maximum absolute atomic E-state index is 2.57. The van der Waals surface area contributed by atoms with Gasteiger partial charge in [-0.15, -0.1) is 11.3 Å². The Morgan fingerprint density at radius 1 is 0.411 bits per heavy atom. The summed E-state index contributed by atoms with van der Waals surface area (Å²) in [6.45, 7) is 2.39. The van der Waals surface area contributed by atoms with Gasteiger partial charge in [0.2, 0.25) is 0 Å². The molecule has 0 amide bonds. The second-order valence-electron chi connectivity index (χ2n) is 14.6. The van der Waals surface area contributed by atoms with Crippen molar-refractivity contribution in [3.63, 3.8) is 0 Å². The van der Waals surface area contributed by atoms with Gasteiger partial charge in [0, 0.05) is 49.2 Å². The monoisotopic (exact) mass is 736 g/mol. The van der Waals surface area contributed by atoms with Gasteiger partial charge in [-0.05, 0) is 81.6 Å². The fourth-order valence-electron chi connectivity index (χ4n) is 8.46. The number of rotatable bonds is 8. The highest BCUT2D eigenvalue weighted by atomic mass is 32.1. The standard InChI is InChI=1S/C53H40N2S/c1-37-36-49(54(43-21-10-4-11-22-43)45-31-26-40(27-32-45)38-16-6-2-7-17-38)50-48-35-30-42-20-14-15-25-47(42)52(48)56-53(50)51(37)55(44-23-12-5-13-24-44)46-33-28-41(29-34-46)39-18-8-3-9-19-39/h2-37,51H,1H3. The Hall–Kier alpha value is -6.68. The van der Waals surface area contributed by atoms with Crippen LogP contribution in [0.1, 0.15) is 23.4 Å². The molecule has 10 rings (SSSR count). The highest BCUT2D eigenvalue weighted by Gasteiger charge is 2.38. The molecule has 0 bridgehead atoms. The molecule has 2 atom stereocenters. The zero-order chi connectivity index (χ0) is 37.4. The van der Waals surface area contributed by atoms with Gasteiger partial charge in [0.05, 0.1) is 11.7 Å². The van der Waals surface area contributed by atoms with E-state index in [2.05, 4.69) is 229 Å². The Morgan fingerprint density at radius 3 is 1.48 bits per heavy atom. The van der Waals surface area contributed by atoms with Crippen molar-refractivity contribution in [1.82, 2.24) is 0 Å². The number of anilines is 4. The van der Waals surface area contributed by atoms with Crippen molar-refractivity contribution in [2.75, 3.05) is 9.80 Å². The van der Waals surface area contributed by atoms with E-state index in [4.69, 9.17) is 0 Å². The largest absolute Gasteiger partial charge is 0.333 e. The molecule has 0 aliphatic heterocycles. The van der Waals surface area contributed by atoms with E-state index in [9.17, 15) is 0 Å². The van der Waals surface area contributed by atoms with Crippen LogP contribution in [0, 0.1) is 5.92 Å². The molecule has 1 aliphatic rings. The van der Waals surface area contributed by atoms with E-state index in [1.807, 2.05) is 11.3 Å². The average Bonchev–Trinajstić information content (AvgIpc) is 3.67. The molecule has 0 radical (unpaired) electrons. The van der Waals surface area contributed by atoms with Gasteiger partial charge in [0.15, 0.2) is 0 Å². The van der Waals surface area contributed by atoms with Crippen molar-refractivity contribution in [2.24, 2.45) is 5.92 Å². The smallest absolute Gasteiger partial charge is 0.0752 e. The third kappa shape index (κ3) is 6.07. The number of hydrogen-bond donors (Lipinski definition) is 0. The van der Waals surface area contributed by atoms with Crippen LogP contribution in [0.5, 0.6) is 0 Å². The predicted octanol–water partition coefficient (Wildman–Crippen LogP) is 15.1. The minimum atomic E-state index is 0.0490. The summed E-state index contributed by atoms with van der Waals surface area (Å²) in [6.07, 6.45) is 2.53. The van der Waals surface area contributed by atoms with Crippen LogP contribution in [0.2, 0.25) is 0 Å². The summed E-state index contributed by atoms with van der Waals surface area (Å²) >= 11 is 1.96. The number of nitrogens with zero attached hydrogens (tertiary/aromatic N) is 2. The molecule has 1 aromatic heterocycles. The molecule has 2 unspecified atom stereocenters. The van der Waals surface area contributed by atoms with Gasteiger partial charge in [-0.1, -0.05) is 171 Å². The minimum absolute atomic E-state index is 0.0490. The summed E-state index contributed by atoms with van der Waals surface area (Å²) in [6, 6.07) is 74.8. The third-order valence-corrected chi connectivity index (χ3v) is 12.4. The number of thiophene rings is 1. The van der Waals surface area contributed by atoms with Crippen molar-refractivity contribution in [3.05, 3.63) is 223 Å². The first-order valence-corrected chi connectivity index (χ1v) is 20.2. The van der Waals surface area contributed by atoms with E-state index in [0.29, 0.717) is 0 Å². The molecule has 0 saturated carbocycles. The lowest BCUT2D eigenvalue weighted by atomic mass is 9.85. The van der Waals surface area contributed by atoms with Gasteiger partial charge in [-0.3, -0.25) is 0 Å². The molecular formula is C53H40N2S. The van der Waals surface area contributed by atoms with Crippen molar-refractivity contribution >= 4 is 60.6 Å². The Kier molecular flexibility index (Phi) is 8.78. The topological polar surface area (TPSA) is 6.48 Å². The summed E-state index contributed by atoms with van der Waals surface area (Å²) in [5.41, 5.74) is 12.0. The third-order valence-electron chi connectivity index (χ3n) is 11.1. The van der Waals surface area contributed by atoms with Crippen LogP contribution in [0.3, 0.4) is 0 Å². The number of hydrogen-bond acceptors (Lipinski definition) is 3. The van der Waals surface area contributed by atoms with E-state index in [1.165, 1.54) is 70.6 Å². The van der Waals surface area contributed by atoms with Gasteiger partial charge >= 0.3 is 0 Å². The first-order valence-electron chi connectivity index (χ1n) is 19.4. The lowest BCUT2D eigenvalue weighted by Crippen LogP contribution is -2.32. The molecule has 3 heteroatoms. The number of benzene rings is 8. The van der Waals surface area contributed by atoms with Crippen LogP contribution >= 0.6 is 11.3 Å². The maximum atomic E-state index is 2.57. The van der Waals surface area contributed by atoms with E-state index < -0.39 is 0 Å². The van der Waals surface area contributed by atoms with Crippen LogP contribution in [0.4, 0.5) is 22.7 Å². The molecule has 9 aromatic rings. The first kappa shape index (κ1) is 33.9. The Bertz CT molecular complexity index is 2790.